The molecule has 0 aliphatic carbocycles. The van der Waals surface area contributed by atoms with Gasteiger partial charge in [-0.2, -0.15) is 0 Å². The molecule has 0 aliphatic rings. The van der Waals surface area contributed by atoms with Crippen LogP contribution in [0.1, 0.15) is 290 Å². The van der Waals surface area contributed by atoms with E-state index in [9.17, 15) is 43.5 Å². The van der Waals surface area contributed by atoms with Gasteiger partial charge in [0.25, 0.3) is 0 Å². The standard InChI is InChI=1S/C67H122O16P2/c1-4-7-10-13-16-19-22-24-26-27-28-29-30-31-32-33-35-37-39-41-44-47-50-53-65(70)77-56-62(68)57-79-84(73,74)80-58-63(69)59-81-85(75,76)82-61-64(83-67(72)55-52-49-46-43-38-21-18-15-12-9-6-3)60-78-66(71)54-51-48-45-42-40-36-34-25-23-20-17-14-11-8-5-2/h15-16,18-19,24,26,28-29,31-32,62-64,68-69H,4-14,17,20-23,25,27,30,33-61H2,1-3H3,(H,73,74)(H,75,76)/b18-15-,19-16-,26-24-,29-28-,32-31-. The van der Waals surface area contributed by atoms with E-state index < -0.39 is 91.5 Å². The van der Waals surface area contributed by atoms with Gasteiger partial charge < -0.3 is 34.2 Å². The van der Waals surface area contributed by atoms with Crippen LogP contribution in [0, 0.1) is 0 Å². The van der Waals surface area contributed by atoms with Gasteiger partial charge in [-0.15, -0.1) is 0 Å². The predicted molar refractivity (Wildman–Crippen MR) is 344 cm³/mol. The molecule has 0 fully saturated rings. The minimum atomic E-state index is -4.91. The number of unbranched alkanes of at least 4 members (excludes halogenated alkanes) is 31. The number of phosphoric acid groups is 2. The molecular weight excluding hydrogens is 1120 g/mol. The van der Waals surface area contributed by atoms with E-state index in [-0.39, 0.29) is 19.3 Å². The van der Waals surface area contributed by atoms with Crippen molar-refractivity contribution < 1.29 is 75.8 Å². The molecule has 85 heavy (non-hydrogen) atoms. The van der Waals surface area contributed by atoms with Crippen molar-refractivity contribution in [3.8, 4) is 0 Å². The normalized spacial score (nSPS) is 14.7. The van der Waals surface area contributed by atoms with Crippen molar-refractivity contribution in [2.75, 3.05) is 39.6 Å². The van der Waals surface area contributed by atoms with Crippen molar-refractivity contribution in [1.29, 1.82) is 0 Å². The average molecular weight is 1250 g/mol. The second-order valence-corrected chi connectivity index (χ2v) is 25.5. The van der Waals surface area contributed by atoms with E-state index in [0.717, 1.165) is 122 Å². The minimum Gasteiger partial charge on any atom is -0.463 e. The first-order valence-corrected chi connectivity index (χ1v) is 36.6. The summed E-state index contributed by atoms with van der Waals surface area (Å²) in [6.45, 7) is 2.60. The number of hydrogen-bond acceptors (Lipinski definition) is 14. The molecule has 5 unspecified atom stereocenters. The number of aliphatic hydroxyl groups excluding tert-OH is 2. The Hall–Kier alpha value is -2.75. The number of aliphatic hydroxyl groups is 2. The third-order valence-corrected chi connectivity index (χ3v) is 16.1. The average Bonchev–Trinajstić information content (AvgIpc) is 3.53. The van der Waals surface area contributed by atoms with Crippen LogP contribution in [-0.2, 0) is 55.8 Å². The maximum Gasteiger partial charge on any atom is 0.472 e. The quantitative estimate of drug-likeness (QED) is 0.0146. The summed E-state index contributed by atoms with van der Waals surface area (Å²) in [5.41, 5.74) is 0. The molecule has 4 N–H and O–H groups in total. The lowest BCUT2D eigenvalue weighted by molar-refractivity contribution is -0.161. The Bertz CT molecular complexity index is 1800. The van der Waals surface area contributed by atoms with E-state index in [4.69, 9.17) is 32.3 Å². The van der Waals surface area contributed by atoms with Gasteiger partial charge in [0.2, 0.25) is 0 Å². The fourth-order valence-electron chi connectivity index (χ4n) is 9.01. The zero-order valence-corrected chi connectivity index (χ0v) is 55.3. The van der Waals surface area contributed by atoms with Crippen LogP contribution in [0.3, 0.4) is 0 Å². The van der Waals surface area contributed by atoms with Crippen LogP contribution in [0.5, 0.6) is 0 Å². The zero-order valence-electron chi connectivity index (χ0n) is 53.5. The number of esters is 3. The number of carbonyl (C=O) groups is 3. The van der Waals surface area contributed by atoms with Crippen LogP contribution in [0.4, 0.5) is 0 Å². The molecule has 0 radical (unpaired) electrons. The number of ether oxygens (including phenoxy) is 3. The summed E-state index contributed by atoms with van der Waals surface area (Å²) in [5.74, 6) is -1.58. The van der Waals surface area contributed by atoms with Gasteiger partial charge in [-0.25, -0.2) is 9.13 Å². The molecular formula is C67H122O16P2. The first-order chi connectivity index (χ1) is 41.2. The van der Waals surface area contributed by atoms with Gasteiger partial charge in [0.1, 0.15) is 25.4 Å². The Balaban J connectivity index is 4.52. The Kier molecular flexibility index (Phi) is 59.5. The van der Waals surface area contributed by atoms with E-state index in [1.54, 1.807) is 0 Å². The summed E-state index contributed by atoms with van der Waals surface area (Å²) in [7, 11) is -9.76. The minimum absolute atomic E-state index is 0.0982. The van der Waals surface area contributed by atoms with Crippen molar-refractivity contribution in [1.82, 2.24) is 0 Å². The van der Waals surface area contributed by atoms with E-state index in [2.05, 4.69) is 81.5 Å². The maximum atomic E-state index is 12.8. The Morgan fingerprint density at radius 1 is 0.329 bits per heavy atom. The Labute approximate surface area is 516 Å². The highest BCUT2D eigenvalue weighted by molar-refractivity contribution is 7.47. The molecule has 0 heterocycles. The van der Waals surface area contributed by atoms with Crippen LogP contribution in [0.2, 0.25) is 0 Å². The van der Waals surface area contributed by atoms with E-state index in [1.807, 2.05) is 0 Å². The summed E-state index contributed by atoms with van der Waals surface area (Å²) >= 11 is 0. The van der Waals surface area contributed by atoms with Gasteiger partial charge in [0.05, 0.1) is 26.4 Å². The highest BCUT2D eigenvalue weighted by atomic mass is 31.2. The summed E-state index contributed by atoms with van der Waals surface area (Å²) < 4.78 is 60.7. The second-order valence-electron chi connectivity index (χ2n) is 22.6. The predicted octanol–water partition coefficient (Wildman–Crippen LogP) is 18.2. The lowest BCUT2D eigenvalue weighted by atomic mass is 10.0. The number of rotatable bonds is 64. The zero-order chi connectivity index (χ0) is 62.4. The monoisotopic (exact) mass is 1240 g/mol. The molecule has 0 rings (SSSR count). The van der Waals surface area contributed by atoms with Crippen molar-refractivity contribution in [2.24, 2.45) is 0 Å². The van der Waals surface area contributed by atoms with Gasteiger partial charge >= 0.3 is 33.6 Å². The highest BCUT2D eigenvalue weighted by Gasteiger charge is 2.29. The maximum absolute atomic E-state index is 12.8. The van der Waals surface area contributed by atoms with Crippen LogP contribution in [-0.4, -0.2) is 95.9 Å². The van der Waals surface area contributed by atoms with Crippen molar-refractivity contribution in [2.45, 2.75) is 309 Å². The number of allylic oxidation sites excluding steroid dienone is 10. The lowest BCUT2D eigenvalue weighted by Gasteiger charge is -2.21. The van der Waals surface area contributed by atoms with E-state index >= 15 is 0 Å². The number of carbonyl (C=O) groups excluding carboxylic acids is 3. The Morgan fingerprint density at radius 3 is 1.00 bits per heavy atom. The third-order valence-electron chi connectivity index (χ3n) is 14.2. The van der Waals surface area contributed by atoms with Gasteiger partial charge in [-0.05, 0) is 83.5 Å². The van der Waals surface area contributed by atoms with Crippen LogP contribution in [0.15, 0.2) is 60.8 Å². The highest BCUT2D eigenvalue weighted by Crippen LogP contribution is 2.45. The molecule has 0 saturated heterocycles. The molecule has 18 heteroatoms. The molecule has 0 aliphatic heterocycles. The molecule has 496 valence electrons. The SMILES string of the molecule is CCCC/C=C\CCCCCCCC(=O)OC(COC(=O)CCCCCCCCCCCCCCCCC)COP(=O)(O)OCC(O)COP(=O)(O)OCC(O)COC(=O)CCCCCCCCC/C=C\C/C=C\C/C=C\C/C=C\CCCCC. The third kappa shape index (κ3) is 62.7. The molecule has 0 aromatic heterocycles. The topological polar surface area (TPSA) is 231 Å². The smallest absolute Gasteiger partial charge is 0.463 e. The van der Waals surface area contributed by atoms with Crippen molar-refractivity contribution >= 4 is 33.6 Å². The molecule has 0 amide bonds. The second kappa shape index (κ2) is 61.5. The fraction of sp³-hybridized carbons (Fsp3) is 0.806. The van der Waals surface area contributed by atoms with E-state index in [0.29, 0.717) is 19.3 Å². The molecule has 0 aromatic carbocycles. The van der Waals surface area contributed by atoms with Crippen molar-refractivity contribution in [3.05, 3.63) is 60.8 Å². The summed E-state index contributed by atoms with van der Waals surface area (Å²) in [6, 6.07) is 0. The summed E-state index contributed by atoms with van der Waals surface area (Å²) in [5, 5.41) is 20.5. The molecule has 16 nitrogen and oxygen atoms in total. The van der Waals surface area contributed by atoms with Gasteiger partial charge in [-0.3, -0.25) is 32.5 Å². The van der Waals surface area contributed by atoms with Gasteiger partial charge in [-0.1, -0.05) is 248 Å². The molecule has 5 atom stereocenters. The van der Waals surface area contributed by atoms with Crippen LogP contribution >= 0.6 is 15.6 Å². The van der Waals surface area contributed by atoms with Crippen LogP contribution in [0.25, 0.3) is 0 Å². The van der Waals surface area contributed by atoms with Gasteiger partial charge in [0.15, 0.2) is 6.10 Å². The summed E-state index contributed by atoms with van der Waals surface area (Å²) in [6.07, 6.45) is 61.4. The first kappa shape index (κ1) is 82.2. The number of hydrogen-bond donors (Lipinski definition) is 4. The molecule has 0 saturated carbocycles. The van der Waals surface area contributed by atoms with Gasteiger partial charge in [0, 0.05) is 19.3 Å². The fourth-order valence-corrected chi connectivity index (χ4v) is 10.6. The Morgan fingerprint density at radius 2 is 0.600 bits per heavy atom. The molecule has 0 spiro atoms. The first-order valence-electron chi connectivity index (χ1n) is 33.6. The van der Waals surface area contributed by atoms with Crippen LogP contribution < -0.4 is 0 Å². The number of phosphoric ester groups is 2. The summed E-state index contributed by atoms with van der Waals surface area (Å²) in [4.78, 5) is 58.2. The molecule has 0 aromatic rings. The molecule has 0 bridgehead atoms. The van der Waals surface area contributed by atoms with Crippen molar-refractivity contribution in [3.63, 3.8) is 0 Å². The van der Waals surface area contributed by atoms with E-state index in [1.165, 1.54) is 109 Å². The largest absolute Gasteiger partial charge is 0.472 e. The lowest BCUT2D eigenvalue weighted by Crippen LogP contribution is -2.30.